The molecule has 11 heavy (non-hydrogen) atoms. The van der Waals surface area contributed by atoms with Gasteiger partial charge in [-0.2, -0.15) is 0 Å². The third kappa shape index (κ3) is 6.17. The lowest BCUT2D eigenvalue weighted by Gasteiger charge is -2.22. The summed E-state index contributed by atoms with van der Waals surface area (Å²) in [5, 5.41) is 36.5. The molecule has 6 nitrogen and oxygen atoms in total. The molecule has 0 aromatic carbocycles. The minimum absolute atomic E-state index is 0.000451. The molecule has 0 saturated heterocycles. The minimum atomic E-state index is -1.37. The molecule has 1 atom stereocenters. The summed E-state index contributed by atoms with van der Waals surface area (Å²) < 4.78 is 0. The number of aliphatic hydroxyl groups excluding tert-OH is 1. The first-order valence-corrected chi connectivity index (χ1v) is 3.21. The summed E-state index contributed by atoms with van der Waals surface area (Å²) in [4.78, 5) is 0. The van der Waals surface area contributed by atoms with E-state index in [4.69, 9.17) is 20.6 Å². The molecule has 0 rings (SSSR count). The van der Waals surface area contributed by atoms with E-state index < -0.39 is 12.3 Å². The van der Waals surface area contributed by atoms with Crippen molar-refractivity contribution in [3.8, 4) is 0 Å². The van der Waals surface area contributed by atoms with Gasteiger partial charge in [-0.15, -0.1) is 0 Å². The normalized spacial score (nSPS) is 16.9. The summed E-state index contributed by atoms with van der Waals surface area (Å²) in [6, 6.07) is 0. The lowest BCUT2D eigenvalue weighted by atomic mass is 10.3. The van der Waals surface area contributed by atoms with Crippen LogP contribution in [0.2, 0.25) is 0 Å². The van der Waals surface area contributed by atoms with E-state index >= 15 is 0 Å². The summed E-state index contributed by atoms with van der Waals surface area (Å²) in [7, 11) is 0. The Morgan fingerprint density at radius 3 is 2.36 bits per heavy atom. The highest BCUT2D eigenvalue weighted by Gasteiger charge is 2.16. The summed E-state index contributed by atoms with van der Waals surface area (Å²) in [5.41, 5.74) is -1.37. The van der Waals surface area contributed by atoms with Crippen LogP contribution in [0.1, 0.15) is 6.92 Å². The van der Waals surface area contributed by atoms with Crippen molar-refractivity contribution in [2.24, 2.45) is 0 Å². The van der Waals surface area contributed by atoms with Crippen LogP contribution in [-0.4, -0.2) is 51.3 Å². The fourth-order valence-electron chi connectivity index (χ4n) is 0.481. The van der Waals surface area contributed by atoms with Gasteiger partial charge in [0.15, 0.2) is 0 Å². The standard InChI is InChI=1S/C5H14N2O4/c1-5(9,4-8)6-2-3-7(10)11/h6,8-11H,2-4H2,1H3. The molecule has 0 spiro atoms. The van der Waals surface area contributed by atoms with E-state index in [1.165, 1.54) is 6.92 Å². The van der Waals surface area contributed by atoms with Crippen LogP contribution in [0.4, 0.5) is 0 Å². The van der Waals surface area contributed by atoms with E-state index in [2.05, 4.69) is 5.32 Å². The number of nitrogens with one attached hydrogen (secondary N) is 1. The summed E-state index contributed by atoms with van der Waals surface area (Å²) >= 11 is 0. The van der Waals surface area contributed by atoms with Gasteiger partial charge < -0.3 is 10.2 Å². The third-order valence-corrected chi connectivity index (χ3v) is 1.13. The second-order valence-electron chi connectivity index (χ2n) is 2.45. The van der Waals surface area contributed by atoms with Gasteiger partial charge in [-0.05, 0) is 6.92 Å². The predicted octanol–water partition coefficient (Wildman–Crippen LogP) is -1.64. The molecule has 0 aromatic rings. The highest BCUT2D eigenvalue weighted by atomic mass is 16.8. The zero-order valence-electron chi connectivity index (χ0n) is 6.36. The van der Waals surface area contributed by atoms with E-state index in [9.17, 15) is 0 Å². The first kappa shape index (κ1) is 10.8. The van der Waals surface area contributed by atoms with Gasteiger partial charge in [0.2, 0.25) is 0 Å². The van der Waals surface area contributed by atoms with Crippen molar-refractivity contribution in [2.75, 3.05) is 19.7 Å². The van der Waals surface area contributed by atoms with Gasteiger partial charge in [-0.3, -0.25) is 15.7 Å². The number of hydrogen-bond acceptors (Lipinski definition) is 6. The Labute approximate surface area is 64.6 Å². The van der Waals surface area contributed by atoms with E-state index in [0.717, 1.165) is 0 Å². The predicted molar refractivity (Wildman–Crippen MR) is 36.0 cm³/mol. The lowest BCUT2D eigenvalue weighted by molar-refractivity contribution is -0.306. The number of aliphatic hydroxyl groups is 2. The van der Waals surface area contributed by atoms with Crippen molar-refractivity contribution in [1.29, 1.82) is 0 Å². The van der Waals surface area contributed by atoms with Crippen LogP contribution in [0, 0.1) is 0 Å². The van der Waals surface area contributed by atoms with Gasteiger partial charge in [-0.1, -0.05) is 5.23 Å². The van der Waals surface area contributed by atoms with Crippen LogP contribution in [-0.2, 0) is 0 Å². The fourth-order valence-corrected chi connectivity index (χ4v) is 0.481. The van der Waals surface area contributed by atoms with Gasteiger partial charge in [0.25, 0.3) is 0 Å². The van der Waals surface area contributed by atoms with Crippen LogP contribution < -0.4 is 5.32 Å². The van der Waals surface area contributed by atoms with Crippen LogP contribution in [0.15, 0.2) is 0 Å². The third-order valence-electron chi connectivity index (χ3n) is 1.13. The largest absolute Gasteiger partial charge is 0.392 e. The molecule has 0 fully saturated rings. The molecular formula is C5H14N2O4. The maximum atomic E-state index is 9.09. The Morgan fingerprint density at radius 2 is 2.00 bits per heavy atom. The Bertz CT molecular complexity index is 107. The van der Waals surface area contributed by atoms with Crippen LogP contribution in [0.5, 0.6) is 0 Å². The quantitative estimate of drug-likeness (QED) is 0.248. The lowest BCUT2D eigenvalue weighted by Crippen LogP contribution is -2.47. The Morgan fingerprint density at radius 1 is 1.45 bits per heavy atom. The molecule has 5 N–H and O–H groups in total. The average molecular weight is 166 g/mol. The maximum absolute atomic E-state index is 9.09. The van der Waals surface area contributed by atoms with Gasteiger partial charge in [0.05, 0.1) is 13.2 Å². The average Bonchev–Trinajstić information content (AvgIpc) is 1.87. The molecule has 0 aromatic heterocycles. The summed E-state index contributed by atoms with van der Waals surface area (Å²) in [5.74, 6) is 0. The molecule has 0 radical (unpaired) electrons. The SMILES string of the molecule is CC(O)(CO)NCCN(O)O. The van der Waals surface area contributed by atoms with E-state index in [-0.39, 0.29) is 18.3 Å². The smallest absolute Gasteiger partial charge is 0.136 e. The van der Waals surface area contributed by atoms with Crippen molar-refractivity contribution in [3.05, 3.63) is 0 Å². The van der Waals surface area contributed by atoms with Crippen molar-refractivity contribution in [3.63, 3.8) is 0 Å². The highest BCUT2D eigenvalue weighted by Crippen LogP contribution is 1.93. The molecular weight excluding hydrogens is 152 g/mol. The number of nitrogens with zero attached hydrogens (tertiary/aromatic N) is 1. The van der Waals surface area contributed by atoms with Gasteiger partial charge >= 0.3 is 0 Å². The molecule has 0 aliphatic heterocycles. The fraction of sp³-hybridized carbons (Fsp3) is 1.00. The molecule has 0 saturated carbocycles. The number of hydrogen-bond donors (Lipinski definition) is 5. The number of hydroxylamine groups is 2. The second kappa shape index (κ2) is 4.60. The molecule has 1 unspecified atom stereocenters. The first-order chi connectivity index (χ1) is 4.98. The molecule has 6 heteroatoms. The topological polar surface area (TPSA) is 96.2 Å². The van der Waals surface area contributed by atoms with E-state index in [1.807, 2.05) is 0 Å². The zero-order chi connectivity index (χ0) is 8.91. The number of rotatable bonds is 5. The van der Waals surface area contributed by atoms with Crippen molar-refractivity contribution >= 4 is 0 Å². The van der Waals surface area contributed by atoms with E-state index in [1.54, 1.807) is 0 Å². The van der Waals surface area contributed by atoms with Crippen molar-refractivity contribution in [2.45, 2.75) is 12.6 Å². The highest BCUT2D eigenvalue weighted by molar-refractivity contribution is 4.66. The Kier molecular flexibility index (Phi) is 4.50. The second-order valence-corrected chi connectivity index (χ2v) is 2.45. The maximum Gasteiger partial charge on any atom is 0.136 e. The minimum Gasteiger partial charge on any atom is -0.392 e. The summed E-state index contributed by atoms with van der Waals surface area (Å²) in [6.07, 6.45) is 0. The van der Waals surface area contributed by atoms with E-state index in [0.29, 0.717) is 0 Å². The van der Waals surface area contributed by atoms with Gasteiger partial charge in [-0.25, -0.2) is 0 Å². The monoisotopic (exact) mass is 166 g/mol. The van der Waals surface area contributed by atoms with Crippen LogP contribution >= 0.6 is 0 Å². The molecule has 0 heterocycles. The van der Waals surface area contributed by atoms with Crippen LogP contribution in [0.3, 0.4) is 0 Å². The Hall–Kier alpha value is -0.240. The van der Waals surface area contributed by atoms with Gasteiger partial charge in [0.1, 0.15) is 5.72 Å². The van der Waals surface area contributed by atoms with Crippen molar-refractivity contribution < 1.29 is 20.6 Å². The summed E-state index contributed by atoms with van der Waals surface area (Å²) in [6.45, 7) is 1.08. The van der Waals surface area contributed by atoms with Gasteiger partial charge in [0, 0.05) is 6.54 Å². The zero-order valence-corrected chi connectivity index (χ0v) is 6.36. The van der Waals surface area contributed by atoms with Crippen molar-refractivity contribution in [1.82, 2.24) is 10.5 Å². The molecule has 0 aliphatic rings. The Balaban J connectivity index is 3.38. The molecule has 0 aliphatic carbocycles. The molecule has 0 bridgehead atoms. The van der Waals surface area contributed by atoms with Crippen LogP contribution in [0.25, 0.3) is 0 Å². The molecule has 0 amide bonds. The first-order valence-electron chi connectivity index (χ1n) is 3.21. The molecule has 68 valence electrons.